The van der Waals surface area contributed by atoms with Crippen molar-refractivity contribution >= 4 is 24.8 Å². The lowest BCUT2D eigenvalue weighted by Crippen LogP contribution is -2.57. The third kappa shape index (κ3) is 7.80. The Morgan fingerprint density at radius 1 is 1.25 bits per heavy atom. The highest BCUT2D eigenvalue weighted by Crippen LogP contribution is 2.38. The summed E-state index contributed by atoms with van der Waals surface area (Å²) in [5.41, 5.74) is 0.467. The molecule has 2 fully saturated rings. The Morgan fingerprint density at radius 2 is 2.00 bits per heavy atom. The molecule has 2 amide bonds. The summed E-state index contributed by atoms with van der Waals surface area (Å²) in [6.45, 7) is 1.80. The number of carbonyl (C=O) groups excluding carboxylic acids is 2. The zero-order chi connectivity index (χ0) is 26.4. The molecule has 4 rings (SSSR count). The first kappa shape index (κ1) is 28.3. The Kier molecular flexibility index (Phi) is 11.4. The van der Waals surface area contributed by atoms with Crippen molar-refractivity contribution in [2.24, 2.45) is 0 Å². The van der Waals surface area contributed by atoms with Crippen LogP contribution in [-0.4, -0.2) is 81.2 Å². The van der Waals surface area contributed by atoms with Gasteiger partial charge in [-0.05, 0) is 49.9 Å². The Morgan fingerprint density at radius 3 is 2.67 bits per heavy atom. The summed E-state index contributed by atoms with van der Waals surface area (Å²) in [6.07, 6.45) is 8.64. The lowest BCUT2D eigenvalue weighted by Gasteiger charge is -2.40. The molecule has 196 valence electrons. The van der Waals surface area contributed by atoms with Crippen molar-refractivity contribution in [2.75, 3.05) is 20.2 Å². The van der Waals surface area contributed by atoms with E-state index in [2.05, 4.69) is 20.5 Å². The maximum Gasteiger partial charge on any atom is 0.290 e. The third-order valence-corrected chi connectivity index (χ3v) is 6.16. The number of rotatable bonds is 7. The third-order valence-electron chi connectivity index (χ3n) is 6.16. The molecule has 1 aromatic carbocycles. The number of carboxylic acid groups (broad SMARTS) is 2. The van der Waals surface area contributed by atoms with Gasteiger partial charge in [0.05, 0.1) is 13.4 Å². The number of nitrogens with zero attached hydrogens (tertiary/aromatic N) is 3. The van der Waals surface area contributed by atoms with Crippen molar-refractivity contribution in [3.63, 3.8) is 0 Å². The Hall–Kier alpha value is -3.93. The lowest BCUT2D eigenvalue weighted by molar-refractivity contribution is -0.134. The van der Waals surface area contributed by atoms with Crippen molar-refractivity contribution in [2.45, 2.75) is 50.4 Å². The molecule has 0 unspecified atom stereocenters. The average Bonchev–Trinajstić information content (AvgIpc) is 3.51. The molecule has 2 atom stereocenters. The summed E-state index contributed by atoms with van der Waals surface area (Å²) >= 11 is 0. The molecule has 3 heterocycles. The molecule has 2 aromatic rings. The Balaban J connectivity index is 0.000000693. The van der Waals surface area contributed by atoms with E-state index < -0.39 is 5.54 Å². The molecule has 2 aliphatic heterocycles. The van der Waals surface area contributed by atoms with Crippen LogP contribution < -0.4 is 15.4 Å². The molecular weight excluding hydrogens is 470 g/mol. The van der Waals surface area contributed by atoms with Gasteiger partial charge < -0.3 is 30.2 Å². The number of hydrogen-bond acceptors (Lipinski definition) is 7. The van der Waals surface area contributed by atoms with Gasteiger partial charge in [0.25, 0.3) is 12.9 Å². The van der Waals surface area contributed by atoms with E-state index in [1.165, 1.54) is 0 Å². The largest absolute Gasteiger partial charge is 0.497 e. The van der Waals surface area contributed by atoms with Crippen LogP contribution in [0.15, 0.2) is 43.0 Å². The fourth-order valence-corrected chi connectivity index (χ4v) is 4.72. The molecule has 36 heavy (non-hydrogen) atoms. The molecule has 2 aliphatic rings. The monoisotopic (exact) mass is 503 g/mol. The van der Waals surface area contributed by atoms with Crippen LogP contribution in [0.1, 0.15) is 31.2 Å². The summed E-state index contributed by atoms with van der Waals surface area (Å²) < 4.78 is 7.01. The first-order valence-electron chi connectivity index (χ1n) is 11.5. The number of nitrogens with one attached hydrogen (secondary N) is 2. The minimum atomic E-state index is -0.538. The minimum Gasteiger partial charge on any atom is -0.497 e. The zero-order valence-electron chi connectivity index (χ0n) is 20.2. The fourth-order valence-electron chi connectivity index (χ4n) is 4.72. The number of carbonyl (C=O) groups is 4. The lowest BCUT2D eigenvalue weighted by atomic mass is 9.84. The van der Waals surface area contributed by atoms with E-state index >= 15 is 0 Å². The van der Waals surface area contributed by atoms with E-state index in [1.54, 1.807) is 30.4 Å². The Labute approximate surface area is 209 Å². The first-order valence-corrected chi connectivity index (χ1v) is 11.5. The van der Waals surface area contributed by atoms with Crippen molar-refractivity contribution in [3.8, 4) is 5.75 Å². The number of imidazole rings is 1. The van der Waals surface area contributed by atoms with Crippen LogP contribution in [0.4, 0.5) is 0 Å². The van der Waals surface area contributed by atoms with Crippen LogP contribution >= 0.6 is 0 Å². The zero-order valence-corrected chi connectivity index (χ0v) is 20.2. The van der Waals surface area contributed by atoms with Crippen molar-refractivity contribution in [1.82, 2.24) is 25.1 Å². The standard InChI is InChI=1S/C22H29N5O3.2CH2O2/c1-30-19-6-4-5-17(11-19)13-24-21(29)22-7-2-3-9-27(22)14-18(12-22)25-20(28)15-26-10-8-23-16-26;2*2-1-3/h4-6,8,10-11,16,18H,2-3,7,9,12-15H2,1H3,(H,24,29)(H,25,28);2*1H,(H,2,3)/t18-,22-;;/m0../s1. The maximum atomic E-state index is 13.3. The normalized spacial score (nSPS) is 20.3. The number of amides is 2. The van der Waals surface area contributed by atoms with Crippen molar-refractivity contribution < 1.29 is 34.1 Å². The number of methoxy groups -OCH3 is 1. The second kappa shape index (κ2) is 14.5. The highest BCUT2D eigenvalue weighted by atomic mass is 16.5. The first-order chi connectivity index (χ1) is 17.4. The molecule has 12 nitrogen and oxygen atoms in total. The predicted molar refractivity (Wildman–Crippen MR) is 129 cm³/mol. The molecular formula is C24H33N5O7. The van der Waals surface area contributed by atoms with Crippen LogP contribution in [0.2, 0.25) is 0 Å². The number of fused-ring (bicyclic) bond motifs is 1. The van der Waals surface area contributed by atoms with E-state index in [0.29, 0.717) is 19.5 Å². The van der Waals surface area contributed by atoms with Gasteiger partial charge in [0.15, 0.2) is 0 Å². The molecule has 0 radical (unpaired) electrons. The number of benzene rings is 1. The van der Waals surface area contributed by atoms with Crippen LogP contribution in [0.5, 0.6) is 5.75 Å². The number of piperidine rings is 1. The summed E-state index contributed by atoms with van der Waals surface area (Å²) in [6, 6.07) is 7.70. The Bertz CT molecular complexity index is 979. The molecule has 1 aromatic heterocycles. The minimum absolute atomic E-state index is 0.0262. The van der Waals surface area contributed by atoms with E-state index in [0.717, 1.165) is 37.1 Å². The summed E-state index contributed by atoms with van der Waals surface area (Å²) in [7, 11) is 1.64. The highest BCUT2D eigenvalue weighted by molar-refractivity contribution is 5.87. The second-order valence-electron chi connectivity index (χ2n) is 8.38. The predicted octanol–water partition coefficient (Wildman–Crippen LogP) is 0.723. The van der Waals surface area contributed by atoms with Gasteiger partial charge in [0.2, 0.25) is 11.8 Å². The maximum absolute atomic E-state index is 13.3. The van der Waals surface area contributed by atoms with Crippen molar-refractivity contribution in [3.05, 3.63) is 48.5 Å². The SMILES string of the molecule is COc1cccc(CNC(=O)[C@@]23CCCCN2C[C@@H](NC(=O)Cn2ccnc2)C3)c1.O=CO.O=CO. The van der Waals surface area contributed by atoms with Crippen molar-refractivity contribution in [1.29, 1.82) is 0 Å². The van der Waals surface area contributed by atoms with Gasteiger partial charge in [-0.2, -0.15) is 0 Å². The second-order valence-corrected chi connectivity index (χ2v) is 8.38. The average molecular weight is 504 g/mol. The molecule has 0 aliphatic carbocycles. The van der Waals surface area contributed by atoms with Crippen LogP contribution in [-0.2, 0) is 32.3 Å². The van der Waals surface area contributed by atoms with Gasteiger partial charge in [-0.25, -0.2) is 4.98 Å². The smallest absolute Gasteiger partial charge is 0.290 e. The van der Waals surface area contributed by atoms with E-state index in [1.807, 2.05) is 24.3 Å². The quantitative estimate of drug-likeness (QED) is 0.399. The van der Waals surface area contributed by atoms with Gasteiger partial charge in [-0.1, -0.05) is 12.1 Å². The topological polar surface area (TPSA) is 163 Å². The number of hydrogen-bond donors (Lipinski definition) is 4. The van der Waals surface area contributed by atoms with E-state index in [-0.39, 0.29) is 37.3 Å². The summed E-state index contributed by atoms with van der Waals surface area (Å²) in [5.74, 6) is 0.780. The fraction of sp³-hybridized carbons (Fsp3) is 0.458. The molecule has 2 saturated heterocycles. The van der Waals surface area contributed by atoms with Gasteiger partial charge in [-0.3, -0.25) is 24.1 Å². The molecule has 4 N–H and O–H groups in total. The van der Waals surface area contributed by atoms with Crippen LogP contribution in [0.3, 0.4) is 0 Å². The van der Waals surface area contributed by atoms with Gasteiger partial charge >= 0.3 is 0 Å². The van der Waals surface area contributed by atoms with Gasteiger partial charge in [0.1, 0.15) is 17.8 Å². The molecule has 0 spiro atoms. The van der Waals surface area contributed by atoms with Crippen LogP contribution in [0.25, 0.3) is 0 Å². The molecule has 0 bridgehead atoms. The number of ether oxygens (including phenoxy) is 1. The van der Waals surface area contributed by atoms with E-state index in [4.69, 9.17) is 24.5 Å². The van der Waals surface area contributed by atoms with E-state index in [9.17, 15) is 9.59 Å². The van der Waals surface area contributed by atoms with Gasteiger partial charge in [0, 0.05) is 31.5 Å². The number of aromatic nitrogens is 2. The summed E-state index contributed by atoms with van der Waals surface area (Å²) in [4.78, 5) is 48.7. The molecule has 0 saturated carbocycles. The molecule has 12 heteroatoms. The van der Waals surface area contributed by atoms with Crippen LogP contribution in [0, 0.1) is 0 Å². The highest BCUT2D eigenvalue weighted by Gasteiger charge is 2.52. The van der Waals surface area contributed by atoms with Gasteiger partial charge in [-0.15, -0.1) is 0 Å². The summed E-state index contributed by atoms with van der Waals surface area (Å²) in [5, 5.41) is 20.0.